The summed E-state index contributed by atoms with van der Waals surface area (Å²) in [6, 6.07) is 10.6. The third-order valence-corrected chi connectivity index (χ3v) is 5.36. The smallest absolute Gasteiger partial charge is 0.289 e. The van der Waals surface area contributed by atoms with Gasteiger partial charge in [0.05, 0.1) is 11.5 Å². The lowest BCUT2D eigenvalue weighted by Crippen LogP contribution is -2.42. The molecule has 0 aliphatic rings. The van der Waals surface area contributed by atoms with Crippen LogP contribution in [0.3, 0.4) is 0 Å². The minimum absolute atomic E-state index is 0.0155. The van der Waals surface area contributed by atoms with Crippen molar-refractivity contribution in [3.05, 3.63) is 64.5 Å². The third-order valence-electron chi connectivity index (χ3n) is 3.91. The van der Waals surface area contributed by atoms with Gasteiger partial charge in [0.15, 0.2) is 4.90 Å². The summed E-state index contributed by atoms with van der Waals surface area (Å²) in [6.45, 7) is 4.38. The topological polar surface area (TPSA) is 111 Å². The molecule has 1 aromatic carbocycles. The maximum atomic E-state index is 12.6. The van der Waals surface area contributed by atoms with E-state index in [0.717, 1.165) is 6.07 Å². The number of nitro benzene ring substituents is 1. The number of nitro groups is 1. The zero-order valence-electron chi connectivity index (χ0n) is 14.6. The molecule has 0 amide bonds. The number of aromatic nitrogens is 1. The standard InChI is InChI=1S/C17H21N3O5S/c1-3-25-13-17(2,16-10-6-7-11-18-16)12-19-26(23,24)15-9-5-4-8-14(15)20(21)22/h4-11,19H,3,12-13H2,1-2H3. The third kappa shape index (κ3) is 4.63. The van der Waals surface area contributed by atoms with E-state index in [0.29, 0.717) is 12.3 Å². The summed E-state index contributed by atoms with van der Waals surface area (Å²) < 4.78 is 33.2. The summed E-state index contributed by atoms with van der Waals surface area (Å²) in [5.74, 6) is 0. The number of nitrogens with zero attached hydrogens (tertiary/aromatic N) is 2. The number of sulfonamides is 1. The number of hydrogen-bond acceptors (Lipinski definition) is 6. The largest absolute Gasteiger partial charge is 0.381 e. The Balaban J connectivity index is 2.29. The second-order valence-electron chi connectivity index (χ2n) is 5.96. The molecule has 0 aliphatic heterocycles. The van der Waals surface area contributed by atoms with Crippen molar-refractivity contribution < 1.29 is 18.1 Å². The predicted molar refractivity (Wildman–Crippen MR) is 96.4 cm³/mol. The molecule has 26 heavy (non-hydrogen) atoms. The molecule has 0 saturated heterocycles. The van der Waals surface area contributed by atoms with E-state index in [-0.39, 0.29) is 18.0 Å². The van der Waals surface area contributed by atoms with Crippen LogP contribution < -0.4 is 4.72 Å². The predicted octanol–water partition coefficient (Wildman–Crippen LogP) is 2.26. The molecular weight excluding hydrogens is 358 g/mol. The van der Waals surface area contributed by atoms with E-state index >= 15 is 0 Å². The van der Waals surface area contributed by atoms with Gasteiger partial charge in [0, 0.05) is 36.5 Å². The van der Waals surface area contributed by atoms with Crippen LogP contribution in [0.4, 0.5) is 5.69 Å². The molecule has 140 valence electrons. The lowest BCUT2D eigenvalue weighted by atomic mass is 9.87. The van der Waals surface area contributed by atoms with Crippen LogP contribution in [0.25, 0.3) is 0 Å². The molecule has 0 fully saturated rings. The average Bonchev–Trinajstić information content (AvgIpc) is 2.65. The Morgan fingerprint density at radius 3 is 2.54 bits per heavy atom. The molecule has 2 aromatic rings. The number of benzene rings is 1. The Kier molecular flexibility index (Phi) is 6.41. The van der Waals surface area contributed by atoms with Gasteiger partial charge < -0.3 is 4.74 Å². The molecule has 8 nitrogen and oxygen atoms in total. The summed E-state index contributed by atoms with van der Waals surface area (Å²) in [5, 5.41) is 11.1. The van der Waals surface area contributed by atoms with Gasteiger partial charge in [-0.05, 0) is 25.1 Å². The second-order valence-corrected chi connectivity index (χ2v) is 7.70. The zero-order chi connectivity index (χ0) is 19.2. The molecule has 0 saturated carbocycles. The van der Waals surface area contributed by atoms with Crippen LogP contribution in [-0.2, 0) is 20.2 Å². The Morgan fingerprint density at radius 1 is 1.23 bits per heavy atom. The zero-order valence-corrected chi connectivity index (χ0v) is 15.4. The Hall–Kier alpha value is -2.36. The summed E-state index contributed by atoms with van der Waals surface area (Å²) in [4.78, 5) is 14.3. The number of pyridine rings is 1. The fourth-order valence-corrected chi connectivity index (χ4v) is 3.77. The maximum absolute atomic E-state index is 12.6. The van der Waals surface area contributed by atoms with Crippen LogP contribution in [0.5, 0.6) is 0 Å². The van der Waals surface area contributed by atoms with E-state index in [1.54, 1.807) is 18.3 Å². The highest BCUT2D eigenvalue weighted by atomic mass is 32.2. The van der Waals surface area contributed by atoms with Gasteiger partial charge in [-0.25, -0.2) is 13.1 Å². The minimum Gasteiger partial charge on any atom is -0.381 e. The number of nitrogens with one attached hydrogen (secondary N) is 1. The van der Waals surface area contributed by atoms with Gasteiger partial charge in [-0.2, -0.15) is 0 Å². The first-order valence-corrected chi connectivity index (χ1v) is 9.51. The molecule has 1 unspecified atom stereocenters. The quantitative estimate of drug-likeness (QED) is 0.528. The molecule has 0 aliphatic carbocycles. The second kappa shape index (κ2) is 8.35. The summed E-state index contributed by atoms with van der Waals surface area (Å²) in [7, 11) is -4.08. The van der Waals surface area contributed by atoms with Gasteiger partial charge in [-0.3, -0.25) is 15.1 Å². The van der Waals surface area contributed by atoms with E-state index < -0.39 is 26.0 Å². The van der Waals surface area contributed by atoms with Crippen LogP contribution in [-0.4, -0.2) is 38.1 Å². The van der Waals surface area contributed by atoms with Gasteiger partial charge in [-0.15, -0.1) is 0 Å². The highest BCUT2D eigenvalue weighted by Gasteiger charge is 2.32. The number of hydrogen-bond donors (Lipinski definition) is 1. The van der Waals surface area contributed by atoms with Gasteiger partial charge in [0.2, 0.25) is 10.0 Å². The fourth-order valence-electron chi connectivity index (χ4n) is 2.43. The molecule has 1 atom stereocenters. The first-order valence-electron chi connectivity index (χ1n) is 8.02. The van der Waals surface area contributed by atoms with Crippen molar-refractivity contribution >= 4 is 15.7 Å². The van der Waals surface area contributed by atoms with Crippen LogP contribution >= 0.6 is 0 Å². The minimum atomic E-state index is -4.08. The van der Waals surface area contributed by atoms with E-state index in [2.05, 4.69) is 9.71 Å². The van der Waals surface area contributed by atoms with Crippen LogP contribution in [0.15, 0.2) is 53.6 Å². The van der Waals surface area contributed by atoms with Crippen molar-refractivity contribution in [3.8, 4) is 0 Å². The van der Waals surface area contributed by atoms with Crippen molar-refractivity contribution in [1.82, 2.24) is 9.71 Å². The van der Waals surface area contributed by atoms with Crippen molar-refractivity contribution in [2.75, 3.05) is 19.8 Å². The highest BCUT2D eigenvalue weighted by molar-refractivity contribution is 7.89. The van der Waals surface area contributed by atoms with Crippen molar-refractivity contribution in [2.45, 2.75) is 24.2 Å². The first kappa shape index (κ1) is 20.0. The van der Waals surface area contributed by atoms with E-state index in [1.807, 2.05) is 19.9 Å². The number of para-hydroxylation sites is 1. The van der Waals surface area contributed by atoms with Gasteiger partial charge in [0.25, 0.3) is 5.69 Å². The molecular formula is C17H21N3O5S. The lowest BCUT2D eigenvalue weighted by molar-refractivity contribution is -0.387. The van der Waals surface area contributed by atoms with Gasteiger partial charge in [0.1, 0.15) is 0 Å². The van der Waals surface area contributed by atoms with Crippen molar-refractivity contribution in [2.24, 2.45) is 0 Å². The maximum Gasteiger partial charge on any atom is 0.289 e. The van der Waals surface area contributed by atoms with Crippen LogP contribution in [0, 0.1) is 10.1 Å². The van der Waals surface area contributed by atoms with Gasteiger partial charge >= 0.3 is 0 Å². The Labute approximate surface area is 152 Å². The summed E-state index contributed by atoms with van der Waals surface area (Å²) in [6.07, 6.45) is 1.62. The van der Waals surface area contributed by atoms with Crippen molar-refractivity contribution in [3.63, 3.8) is 0 Å². The molecule has 1 N–H and O–H groups in total. The van der Waals surface area contributed by atoms with Crippen LogP contribution in [0.1, 0.15) is 19.5 Å². The number of rotatable bonds is 9. The fraction of sp³-hybridized carbons (Fsp3) is 0.353. The van der Waals surface area contributed by atoms with E-state index in [9.17, 15) is 18.5 Å². The SMILES string of the molecule is CCOCC(C)(CNS(=O)(=O)c1ccccc1[N+](=O)[O-])c1ccccn1. The molecule has 1 heterocycles. The average molecular weight is 379 g/mol. The monoisotopic (exact) mass is 379 g/mol. The number of ether oxygens (including phenoxy) is 1. The Bertz CT molecular complexity index is 858. The molecule has 0 spiro atoms. The van der Waals surface area contributed by atoms with E-state index in [4.69, 9.17) is 4.74 Å². The normalized spacial score (nSPS) is 13.9. The lowest BCUT2D eigenvalue weighted by Gasteiger charge is -2.28. The molecule has 2 rings (SSSR count). The molecule has 0 radical (unpaired) electrons. The van der Waals surface area contributed by atoms with E-state index in [1.165, 1.54) is 18.2 Å². The summed E-state index contributed by atoms with van der Waals surface area (Å²) >= 11 is 0. The molecule has 1 aromatic heterocycles. The van der Waals surface area contributed by atoms with Crippen molar-refractivity contribution in [1.29, 1.82) is 0 Å². The Morgan fingerprint density at radius 2 is 1.92 bits per heavy atom. The van der Waals surface area contributed by atoms with Gasteiger partial charge in [-0.1, -0.05) is 25.1 Å². The molecule has 9 heteroatoms. The summed E-state index contributed by atoms with van der Waals surface area (Å²) in [5.41, 5.74) is -0.531. The highest BCUT2D eigenvalue weighted by Crippen LogP contribution is 2.25. The van der Waals surface area contributed by atoms with Crippen LogP contribution in [0.2, 0.25) is 0 Å². The first-order chi connectivity index (χ1) is 12.3. The molecule has 0 bridgehead atoms.